The first-order valence-corrected chi connectivity index (χ1v) is 14.1. The number of ether oxygens (including phenoxy) is 2. The van der Waals surface area contributed by atoms with Crippen LogP contribution in [0.2, 0.25) is 10.0 Å². The van der Waals surface area contributed by atoms with Gasteiger partial charge in [-0.3, -0.25) is 19.2 Å². The summed E-state index contributed by atoms with van der Waals surface area (Å²) in [5, 5.41) is 2.05. The third kappa shape index (κ3) is 5.89. The standard InChI is InChI=1S/C31H26Cl2N2O7/c1-41-22-6-4-5-20(15-22)31(40)42-21-12-9-18(10-13-21)27(36)17-34(28(37)19-11-14-25(32)26(33)16-19)35-29(38)23-7-2-3-8-24(23)30(35)39/h4-6,9-16,23-24H,2-3,7-8,17H2,1H3/t23-,24+. The van der Waals surface area contributed by atoms with E-state index in [4.69, 9.17) is 32.7 Å². The first-order chi connectivity index (χ1) is 20.2. The topological polar surface area (TPSA) is 110 Å². The Hall–Kier alpha value is -4.21. The van der Waals surface area contributed by atoms with Crippen molar-refractivity contribution in [3.05, 3.63) is 93.5 Å². The second kappa shape index (κ2) is 12.3. The predicted molar refractivity (Wildman–Crippen MR) is 154 cm³/mol. The summed E-state index contributed by atoms with van der Waals surface area (Å²) in [7, 11) is 1.49. The molecule has 5 rings (SSSR count). The second-order valence-corrected chi connectivity index (χ2v) is 10.9. The maximum absolute atomic E-state index is 13.7. The summed E-state index contributed by atoms with van der Waals surface area (Å²) in [5.74, 6) is -3.24. The minimum Gasteiger partial charge on any atom is -0.497 e. The van der Waals surface area contributed by atoms with Gasteiger partial charge in [0.2, 0.25) is 0 Å². The van der Waals surface area contributed by atoms with Crippen LogP contribution in [-0.4, -0.2) is 53.1 Å². The Labute approximate surface area is 251 Å². The number of hydrogen-bond donors (Lipinski definition) is 0. The molecule has 2 fully saturated rings. The molecule has 0 N–H and O–H groups in total. The lowest BCUT2D eigenvalue weighted by Gasteiger charge is -2.30. The lowest BCUT2D eigenvalue weighted by molar-refractivity contribution is -0.154. The summed E-state index contributed by atoms with van der Waals surface area (Å²) in [6, 6.07) is 16.4. The van der Waals surface area contributed by atoms with Gasteiger partial charge in [0.05, 0.1) is 34.6 Å². The van der Waals surface area contributed by atoms with E-state index in [1.54, 1.807) is 18.2 Å². The number of imide groups is 1. The van der Waals surface area contributed by atoms with Gasteiger partial charge in [-0.2, -0.15) is 5.01 Å². The molecule has 9 nitrogen and oxygen atoms in total. The van der Waals surface area contributed by atoms with Crippen molar-refractivity contribution >= 4 is 52.7 Å². The molecule has 0 unspecified atom stereocenters. The molecular weight excluding hydrogens is 583 g/mol. The highest BCUT2D eigenvalue weighted by molar-refractivity contribution is 6.42. The van der Waals surface area contributed by atoms with Crippen LogP contribution in [-0.2, 0) is 9.59 Å². The van der Waals surface area contributed by atoms with Gasteiger partial charge in [0.25, 0.3) is 17.7 Å². The van der Waals surface area contributed by atoms with Crippen LogP contribution in [0.3, 0.4) is 0 Å². The molecule has 1 saturated heterocycles. The fourth-order valence-corrected chi connectivity index (χ4v) is 5.54. The number of carbonyl (C=O) groups excluding carboxylic acids is 5. The molecule has 1 saturated carbocycles. The minimum atomic E-state index is -0.744. The number of Topliss-reactive ketones (excluding diaryl/α,β-unsaturated/α-hetero) is 1. The zero-order chi connectivity index (χ0) is 30.0. The molecule has 11 heteroatoms. The van der Waals surface area contributed by atoms with E-state index in [0.717, 1.165) is 22.9 Å². The molecule has 1 aliphatic carbocycles. The smallest absolute Gasteiger partial charge is 0.343 e. The quantitative estimate of drug-likeness (QED) is 0.141. The van der Waals surface area contributed by atoms with E-state index in [2.05, 4.69) is 0 Å². The highest BCUT2D eigenvalue weighted by Crippen LogP contribution is 2.39. The fraction of sp³-hybridized carbons (Fsp3) is 0.258. The van der Waals surface area contributed by atoms with Crippen molar-refractivity contribution in [2.24, 2.45) is 11.8 Å². The molecule has 0 spiro atoms. The Morgan fingerprint density at radius 2 is 1.45 bits per heavy atom. The van der Waals surface area contributed by atoms with Crippen molar-refractivity contribution in [3.63, 3.8) is 0 Å². The summed E-state index contributed by atoms with van der Waals surface area (Å²) >= 11 is 12.1. The highest BCUT2D eigenvalue weighted by atomic mass is 35.5. The molecule has 3 aromatic rings. The monoisotopic (exact) mass is 608 g/mol. The Morgan fingerprint density at radius 3 is 2.07 bits per heavy atom. The average molecular weight is 609 g/mol. The van der Waals surface area contributed by atoms with Gasteiger partial charge in [-0.25, -0.2) is 9.80 Å². The number of hydrogen-bond acceptors (Lipinski definition) is 7. The number of amides is 3. The number of benzene rings is 3. The van der Waals surface area contributed by atoms with E-state index < -0.39 is 47.9 Å². The number of fused-ring (bicyclic) bond motifs is 1. The van der Waals surface area contributed by atoms with Crippen LogP contribution in [0, 0.1) is 11.8 Å². The molecule has 2 atom stereocenters. The molecule has 42 heavy (non-hydrogen) atoms. The molecule has 2 aliphatic rings. The molecule has 3 aromatic carbocycles. The molecule has 1 heterocycles. The lowest BCUT2D eigenvalue weighted by atomic mass is 9.81. The van der Waals surface area contributed by atoms with E-state index in [1.807, 2.05) is 0 Å². The van der Waals surface area contributed by atoms with Crippen molar-refractivity contribution in [1.82, 2.24) is 10.0 Å². The molecule has 216 valence electrons. The lowest BCUT2D eigenvalue weighted by Crippen LogP contribution is -2.52. The third-order valence-electron chi connectivity index (χ3n) is 7.45. The van der Waals surface area contributed by atoms with Crippen LogP contribution in [0.15, 0.2) is 66.7 Å². The SMILES string of the molecule is COc1cccc(C(=O)Oc2ccc(C(=O)CN(C(=O)c3ccc(Cl)c(Cl)c3)N3C(=O)[C@H]4CCCC[C@H]4C3=O)cc2)c1. The summed E-state index contributed by atoms with van der Waals surface area (Å²) < 4.78 is 10.5. The fourth-order valence-electron chi connectivity index (χ4n) is 5.25. The van der Waals surface area contributed by atoms with Gasteiger partial charge >= 0.3 is 5.97 Å². The van der Waals surface area contributed by atoms with Crippen molar-refractivity contribution in [1.29, 1.82) is 0 Å². The first-order valence-electron chi connectivity index (χ1n) is 13.3. The first kappa shape index (κ1) is 29.3. The zero-order valence-electron chi connectivity index (χ0n) is 22.5. The number of hydrazine groups is 1. The molecule has 3 amide bonds. The zero-order valence-corrected chi connectivity index (χ0v) is 24.1. The highest BCUT2D eigenvalue weighted by Gasteiger charge is 2.51. The largest absolute Gasteiger partial charge is 0.497 e. The molecule has 1 aliphatic heterocycles. The number of esters is 1. The van der Waals surface area contributed by atoms with Gasteiger partial charge in [0.1, 0.15) is 18.0 Å². The number of ketones is 1. The van der Waals surface area contributed by atoms with Crippen molar-refractivity contribution in [2.75, 3.05) is 13.7 Å². The van der Waals surface area contributed by atoms with Crippen molar-refractivity contribution in [3.8, 4) is 11.5 Å². The Kier molecular flexibility index (Phi) is 8.61. The average Bonchev–Trinajstić information content (AvgIpc) is 3.26. The van der Waals surface area contributed by atoms with Crippen LogP contribution in [0.25, 0.3) is 0 Å². The van der Waals surface area contributed by atoms with Gasteiger partial charge in [-0.05, 0) is 73.5 Å². The molecule has 0 aromatic heterocycles. The number of nitrogens with zero attached hydrogens (tertiary/aromatic N) is 2. The Balaban J connectivity index is 1.37. The van der Waals surface area contributed by atoms with Crippen LogP contribution in [0.5, 0.6) is 11.5 Å². The Bertz CT molecular complexity index is 1550. The van der Waals surface area contributed by atoms with Crippen LogP contribution < -0.4 is 9.47 Å². The van der Waals surface area contributed by atoms with E-state index in [9.17, 15) is 24.0 Å². The van der Waals surface area contributed by atoms with Crippen LogP contribution in [0.4, 0.5) is 0 Å². The van der Waals surface area contributed by atoms with Crippen molar-refractivity contribution < 1.29 is 33.4 Å². The maximum atomic E-state index is 13.7. The second-order valence-electron chi connectivity index (χ2n) is 10.0. The van der Waals surface area contributed by atoms with Crippen LogP contribution in [0.1, 0.15) is 56.8 Å². The summed E-state index contributed by atoms with van der Waals surface area (Å²) in [6.07, 6.45) is 2.71. The summed E-state index contributed by atoms with van der Waals surface area (Å²) in [6.45, 7) is -0.584. The normalized spacial score (nSPS) is 17.9. The van der Waals surface area contributed by atoms with Gasteiger partial charge in [0.15, 0.2) is 5.78 Å². The number of rotatable bonds is 8. The minimum absolute atomic E-state index is 0.0625. The number of methoxy groups -OCH3 is 1. The number of halogens is 2. The van der Waals surface area contributed by atoms with E-state index >= 15 is 0 Å². The van der Waals surface area contributed by atoms with Gasteiger partial charge < -0.3 is 9.47 Å². The van der Waals surface area contributed by atoms with E-state index in [-0.39, 0.29) is 32.5 Å². The molecular formula is C31H26Cl2N2O7. The maximum Gasteiger partial charge on any atom is 0.343 e. The summed E-state index contributed by atoms with van der Waals surface area (Å²) in [4.78, 5) is 66.4. The van der Waals surface area contributed by atoms with Gasteiger partial charge in [-0.1, -0.05) is 42.1 Å². The molecule has 0 radical (unpaired) electrons. The van der Waals surface area contributed by atoms with Gasteiger partial charge in [-0.15, -0.1) is 0 Å². The van der Waals surface area contributed by atoms with Crippen molar-refractivity contribution in [2.45, 2.75) is 25.7 Å². The van der Waals surface area contributed by atoms with Crippen LogP contribution >= 0.6 is 23.2 Å². The third-order valence-corrected chi connectivity index (χ3v) is 8.18. The predicted octanol–water partition coefficient (Wildman–Crippen LogP) is 5.64. The molecule has 0 bridgehead atoms. The summed E-state index contributed by atoms with van der Waals surface area (Å²) in [5.41, 5.74) is 0.526. The van der Waals surface area contributed by atoms with E-state index in [0.29, 0.717) is 18.6 Å². The number of carbonyl (C=O) groups is 5. The Morgan fingerprint density at radius 1 is 0.810 bits per heavy atom. The van der Waals surface area contributed by atoms with Gasteiger partial charge in [0, 0.05) is 11.1 Å². The van der Waals surface area contributed by atoms with E-state index in [1.165, 1.54) is 55.6 Å².